The SMILES string of the molecule is FC(F)(F)Oc1ccc(Cl)c(N2CCC3(CCC(Cc4nn[nH]n4)CO3)CC2)c1. The van der Waals surface area contributed by atoms with Gasteiger partial charge in [0.1, 0.15) is 5.75 Å². The fraction of sp³-hybridized carbons (Fsp3) is 0.611. The number of hydrogen-bond acceptors (Lipinski definition) is 6. The van der Waals surface area contributed by atoms with Gasteiger partial charge in [0.15, 0.2) is 5.82 Å². The van der Waals surface area contributed by atoms with Gasteiger partial charge in [-0.1, -0.05) is 16.8 Å². The van der Waals surface area contributed by atoms with Crippen LogP contribution >= 0.6 is 11.6 Å². The largest absolute Gasteiger partial charge is 0.573 e. The van der Waals surface area contributed by atoms with Crippen molar-refractivity contribution in [1.29, 1.82) is 0 Å². The molecule has 2 fully saturated rings. The fourth-order valence-corrected chi connectivity index (χ4v) is 4.32. The van der Waals surface area contributed by atoms with E-state index in [1.54, 1.807) is 0 Å². The molecule has 11 heteroatoms. The highest BCUT2D eigenvalue weighted by molar-refractivity contribution is 6.33. The van der Waals surface area contributed by atoms with Gasteiger partial charge in [-0.2, -0.15) is 5.21 Å². The Morgan fingerprint density at radius 3 is 2.69 bits per heavy atom. The quantitative estimate of drug-likeness (QED) is 0.794. The first-order valence-corrected chi connectivity index (χ1v) is 9.86. The van der Waals surface area contributed by atoms with Crippen LogP contribution in [-0.4, -0.2) is 52.3 Å². The van der Waals surface area contributed by atoms with Crippen LogP contribution in [-0.2, 0) is 11.2 Å². The second-order valence-electron chi connectivity index (χ2n) is 7.58. The van der Waals surface area contributed by atoms with Gasteiger partial charge >= 0.3 is 6.36 Å². The number of aromatic nitrogens is 4. The van der Waals surface area contributed by atoms with E-state index in [1.807, 2.05) is 4.90 Å². The molecule has 1 unspecified atom stereocenters. The van der Waals surface area contributed by atoms with Gasteiger partial charge in [0.05, 0.1) is 22.9 Å². The van der Waals surface area contributed by atoms with Crippen molar-refractivity contribution in [2.75, 3.05) is 24.6 Å². The van der Waals surface area contributed by atoms with Gasteiger partial charge < -0.3 is 14.4 Å². The number of H-pyrrole nitrogens is 1. The molecule has 2 aliphatic rings. The third-order valence-electron chi connectivity index (χ3n) is 5.66. The fourth-order valence-electron chi connectivity index (χ4n) is 4.09. The first-order chi connectivity index (χ1) is 13.8. The van der Waals surface area contributed by atoms with Crippen molar-refractivity contribution < 1.29 is 22.6 Å². The molecule has 1 spiro atoms. The van der Waals surface area contributed by atoms with Crippen LogP contribution in [0.3, 0.4) is 0 Å². The lowest BCUT2D eigenvalue weighted by Crippen LogP contribution is -2.49. The molecular weight excluding hydrogens is 411 g/mol. The molecule has 1 aromatic heterocycles. The van der Waals surface area contributed by atoms with Crippen LogP contribution in [0.4, 0.5) is 18.9 Å². The summed E-state index contributed by atoms with van der Waals surface area (Å²) in [5.41, 5.74) is 0.366. The van der Waals surface area contributed by atoms with E-state index < -0.39 is 6.36 Å². The number of aromatic amines is 1. The molecule has 0 amide bonds. The number of anilines is 1. The number of piperidine rings is 1. The van der Waals surface area contributed by atoms with Crippen LogP contribution in [0.2, 0.25) is 5.02 Å². The average molecular weight is 432 g/mol. The minimum atomic E-state index is -4.73. The lowest BCUT2D eigenvalue weighted by atomic mass is 9.81. The Balaban J connectivity index is 1.34. The number of tetrazole rings is 1. The van der Waals surface area contributed by atoms with Crippen LogP contribution in [0.15, 0.2) is 18.2 Å². The van der Waals surface area contributed by atoms with Crippen molar-refractivity contribution in [3.05, 3.63) is 29.0 Å². The van der Waals surface area contributed by atoms with Crippen molar-refractivity contribution in [3.8, 4) is 5.75 Å². The van der Waals surface area contributed by atoms with Crippen LogP contribution in [0.5, 0.6) is 5.75 Å². The number of nitrogens with one attached hydrogen (secondary N) is 1. The van der Waals surface area contributed by atoms with E-state index in [0.717, 1.165) is 32.1 Å². The van der Waals surface area contributed by atoms with Crippen LogP contribution < -0.4 is 9.64 Å². The Bertz CT molecular complexity index is 815. The van der Waals surface area contributed by atoms with E-state index in [2.05, 4.69) is 25.4 Å². The maximum Gasteiger partial charge on any atom is 0.573 e. The zero-order chi connectivity index (χ0) is 20.5. The van der Waals surface area contributed by atoms with Gasteiger partial charge in [-0.05, 0) is 43.7 Å². The third kappa shape index (κ3) is 4.92. The van der Waals surface area contributed by atoms with Crippen LogP contribution in [0, 0.1) is 5.92 Å². The number of hydrogen-bond donors (Lipinski definition) is 1. The van der Waals surface area contributed by atoms with Gasteiger partial charge in [0.2, 0.25) is 0 Å². The summed E-state index contributed by atoms with van der Waals surface area (Å²) in [5.74, 6) is 0.789. The molecule has 158 valence electrons. The predicted molar refractivity (Wildman–Crippen MR) is 98.9 cm³/mol. The minimum absolute atomic E-state index is 0.184. The normalized spacial score (nSPS) is 22.1. The molecule has 0 saturated carbocycles. The lowest BCUT2D eigenvalue weighted by molar-refractivity contribution is -0.274. The van der Waals surface area contributed by atoms with E-state index in [1.165, 1.54) is 18.2 Å². The molecule has 3 heterocycles. The molecule has 0 aliphatic carbocycles. The van der Waals surface area contributed by atoms with Crippen molar-refractivity contribution in [3.63, 3.8) is 0 Å². The molecule has 2 aliphatic heterocycles. The van der Waals surface area contributed by atoms with Crippen molar-refractivity contribution in [2.45, 2.75) is 44.1 Å². The van der Waals surface area contributed by atoms with Gasteiger partial charge in [-0.15, -0.1) is 23.4 Å². The summed E-state index contributed by atoms with van der Waals surface area (Å²) < 4.78 is 47.8. The predicted octanol–water partition coefficient (Wildman–Crippen LogP) is 3.76. The maximum atomic E-state index is 12.5. The van der Waals surface area contributed by atoms with Gasteiger partial charge in [0, 0.05) is 25.6 Å². The molecule has 2 aromatic rings. The molecule has 7 nitrogen and oxygen atoms in total. The standard InChI is InChI=1S/C18H21ClF3N5O2/c19-14-2-1-13(29-18(20,21)22)10-15(14)27-7-5-17(6-8-27)4-3-12(11-28-17)9-16-23-25-26-24-16/h1-2,10,12H,3-9,11H2,(H,23,24,25,26). The second-order valence-corrected chi connectivity index (χ2v) is 7.99. The summed E-state index contributed by atoms with van der Waals surface area (Å²) in [6.45, 7) is 1.96. The first-order valence-electron chi connectivity index (χ1n) is 9.48. The van der Waals surface area contributed by atoms with Crippen LogP contribution in [0.25, 0.3) is 0 Å². The third-order valence-corrected chi connectivity index (χ3v) is 5.98. The van der Waals surface area contributed by atoms with E-state index in [4.69, 9.17) is 16.3 Å². The molecule has 4 rings (SSSR count). The van der Waals surface area contributed by atoms with Crippen molar-refractivity contribution in [2.24, 2.45) is 5.92 Å². The Kier molecular flexibility index (Phi) is 5.56. The minimum Gasteiger partial charge on any atom is -0.406 e. The Labute approximate surface area is 170 Å². The van der Waals surface area contributed by atoms with E-state index >= 15 is 0 Å². The average Bonchev–Trinajstić information content (AvgIpc) is 3.18. The Hall–Kier alpha value is -2.07. The second kappa shape index (κ2) is 7.98. The molecule has 1 aromatic carbocycles. The first kappa shape index (κ1) is 20.2. The number of benzene rings is 1. The number of nitrogens with zero attached hydrogens (tertiary/aromatic N) is 4. The summed E-state index contributed by atoms with van der Waals surface area (Å²) >= 11 is 6.24. The summed E-state index contributed by atoms with van der Waals surface area (Å²) in [5, 5.41) is 14.4. The summed E-state index contributed by atoms with van der Waals surface area (Å²) in [6, 6.07) is 4.00. The summed E-state index contributed by atoms with van der Waals surface area (Å²) in [7, 11) is 0. The zero-order valence-electron chi connectivity index (χ0n) is 15.6. The number of halogens is 4. The number of alkyl halides is 3. The highest BCUT2D eigenvalue weighted by Crippen LogP contribution is 2.40. The number of ether oxygens (including phenoxy) is 2. The lowest BCUT2D eigenvalue weighted by Gasteiger charge is -2.46. The van der Waals surface area contributed by atoms with E-state index in [-0.39, 0.29) is 11.4 Å². The topological polar surface area (TPSA) is 76.2 Å². The Morgan fingerprint density at radius 2 is 2.07 bits per heavy atom. The van der Waals surface area contributed by atoms with Crippen LogP contribution in [0.1, 0.15) is 31.5 Å². The summed E-state index contributed by atoms with van der Waals surface area (Å²) in [6.07, 6.45) is -0.449. The Morgan fingerprint density at radius 1 is 1.28 bits per heavy atom. The smallest absolute Gasteiger partial charge is 0.406 e. The van der Waals surface area contributed by atoms with Gasteiger partial charge in [-0.3, -0.25) is 0 Å². The van der Waals surface area contributed by atoms with Crippen molar-refractivity contribution in [1.82, 2.24) is 20.6 Å². The van der Waals surface area contributed by atoms with E-state index in [9.17, 15) is 13.2 Å². The van der Waals surface area contributed by atoms with Gasteiger partial charge in [0.25, 0.3) is 0 Å². The maximum absolute atomic E-state index is 12.5. The molecule has 1 N–H and O–H groups in total. The molecule has 0 radical (unpaired) electrons. The molecule has 1 atom stereocenters. The number of rotatable bonds is 4. The molecule has 2 saturated heterocycles. The summed E-state index contributed by atoms with van der Waals surface area (Å²) in [4.78, 5) is 1.99. The molecule has 29 heavy (non-hydrogen) atoms. The molecular formula is C18H21ClF3N5O2. The van der Waals surface area contributed by atoms with Crippen molar-refractivity contribution >= 4 is 17.3 Å². The van der Waals surface area contributed by atoms with Gasteiger partial charge in [-0.25, -0.2) is 0 Å². The highest BCUT2D eigenvalue weighted by atomic mass is 35.5. The zero-order valence-corrected chi connectivity index (χ0v) is 16.3. The highest BCUT2D eigenvalue weighted by Gasteiger charge is 2.40. The molecule has 0 bridgehead atoms. The van der Waals surface area contributed by atoms with E-state index in [0.29, 0.717) is 42.1 Å². The monoisotopic (exact) mass is 431 g/mol.